The predicted molar refractivity (Wildman–Crippen MR) is 55.9 cm³/mol. The number of aliphatic hydroxyl groups is 1. The van der Waals surface area contributed by atoms with Gasteiger partial charge in [0.15, 0.2) is 0 Å². The highest BCUT2D eigenvalue weighted by atomic mass is 16.3. The molecule has 0 aliphatic rings. The summed E-state index contributed by atoms with van der Waals surface area (Å²) in [6, 6.07) is 6.50. The Labute approximate surface area is 80.4 Å². The molecule has 0 spiro atoms. The molecule has 0 saturated carbocycles. The first-order valence-corrected chi connectivity index (χ1v) is 4.84. The van der Waals surface area contributed by atoms with Crippen LogP contribution in [0.5, 0.6) is 0 Å². The molecule has 0 bridgehead atoms. The van der Waals surface area contributed by atoms with Crippen molar-refractivity contribution in [1.82, 2.24) is 0 Å². The molecular formula is C12H18O. The lowest BCUT2D eigenvalue weighted by Crippen LogP contribution is -2.01. The van der Waals surface area contributed by atoms with Crippen molar-refractivity contribution in [3.63, 3.8) is 0 Å². The van der Waals surface area contributed by atoms with E-state index in [-0.39, 0.29) is 6.10 Å². The maximum Gasteiger partial charge on any atom is 0.0515 e. The monoisotopic (exact) mass is 178 g/mol. The molecule has 1 nitrogen and oxygen atoms in total. The second-order valence-electron chi connectivity index (χ2n) is 3.81. The Bertz CT molecular complexity index is 276. The zero-order chi connectivity index (χ0) is 9.84. The molecule has 0 aliphatic carbocycles. The smallest absolute Gasteiger partial charge is 0.0515 e. The van der Waals surface area contributed by atoms with Crippen molar-refractivity contribution in [2.75, 3.05) is 0 Å². The Morgan fingerprint density at radius 3 is 2.46 bits per heavy atom. The van der Waals surface area contributed by atoms with Gasteiger partial charge in [0.25, 0.3) is 0 Å². The van der Waals surface area contributed by atoms with E-state index in [1.54, 1.807) is 0 Å². The molecule has 0 amide bonds. The van der Waals surface area contributed by atoms with Gasteiger partial charge in [0, 0.05) is 0 Å². The van der Waals surface area contributed by atoms with Gasteiger partial charge in [-0.15, -0.1) is 0 Å². The van der Waals surface area contributed by atoms with Gasteiger partial charge in [-0.3, -0.25) is 0 Å². The summed E-state index contributed by atoms with van der Waals surface area (Å²) in [6.07, 6.45) is 1.63. The van der Waals surface area contributed by atoms with Gasteiger partial charge in [0.2, 0.25) is 0 Å². The van der Waals surface area contributed by atoms with E-state index in [0.717, 1.165) is 12.8 Å². The molecule has 0 fully saturated rings. The van der Waals surface area contributed by atoms with Crippen LogP contribution in [0, 0.1) is 13.8 Å². The van der Waals surface area contributed by atoms with Gasteiger partial charge in [-0.05, 0) is 50.3 Å². The van der Waals surface area contributed by atoms with Crippen LogP contribution >= 0.6 is 0 Å². The second-order valence-corrected chi connectivity index (χ2v) is 3.81. The third-order valence-electron chi connectivity index (χ3n) is 2.42. The number of aryl methyl sites for hydroxylation is 3. The molecule has 1 aromatic rings. The molecule has 0 radical (unpaired) electrons. The fourth-order valence-corrected chi connectivity index (χ4v) is 1.33. The molecule has 72 valence electrons. The standard InChI is InChI=1S/C12H18O/c1-9-4-6-12(8-10(9)2)7-5-11(3)13/h4,6,8,11,13H,5,7H2,1-3H3/t11-/m0/s1. The highest BCUT2D eigenvalue weighted by Crippen LogP contribution is 2.12. The fourth-order valence-electron chi connectivity index (χ4n) is 1.33. The molecule has 1 heteroatoms. The van der Waals surface area contributed by atoms with Crippen LogP contribution in [0.4, 0.5) is 0 Å². The van der Waals surface area contributed by atoms with Gasteiger partial charge in [-0.1, -0.05) is 18.2 Å². The van der Waals surface area contributed by atoms with Crippen LogP contribution in [-0.4, -0.2) is 11.2 Å². The summed E-state index contributed by atoms with van der Waals surface area (Å²) in [7, 11) is 0. The Morgan fingerprint density at radius 1 is 1.23 bits per heavy atom. The maximum absolute atomic E-state index is 9.14. The third kappa shape index (κ3) is 3.19. The third-order valence-corrected chi connectivity index (χ3v) is 2.42. The molecular weight excluding hydrogens is 160 g/mol. The minimum atomic E-state index is -0.193. The van der Waals surface area contributed by atoms with Crippen molar-refractivity contribution >= 4 is 0 Å². The second kappa shape index (κ2) is 4.43. The summed E-state index contributed by atoms with van der Waals surface area (Å²) in [5, 5.41) is 9.14. The van der Waals surface area contributed by atoms with Crippen molar-refractivity contribution in [2.24, 2.45) is 0 Å². The fraction of sp³-hybridized carbons (Fsp3) is 0.500. The Balaban J connectivity index is 2.63. The van der Waals surface area contributed by atoms with Gasteiger partial charge in [0.1, 0.15) is 0 Å². The van der Waals surface area contributed by atoms with Crippen LogP contribution in [0.2, 0.25) is 0 Å². The van der Waals surface area contributed by atoms with Crippen molar-refractivity contribution in [2.45, 2.75) is 39.7 Å². The van der Waals surface area contributed by atoms with E-state index in [4.69, 9.17) is 5.11 Å². The Kier molecular flexibility index (Phi) is 3.49. The van der Waals surface area contributed by atoms with Crippen LogP contribution in [0.3, 0.4) is 0 Å². The average molecular weight is 178 g/mol. The SMILES string of the molecule is Cc1ccc(CC[C@H](C)O)cc1C. The minimum Gasteiger partial charge on any atom is -0.393 e. The van der Waals surface area contributed by atoms with Gasteiger partial charge in [-0.2, -0.15) is 0 Å². The van der Waals surface area contributed by atoms with Crippen LogP contribution in [0.25, 0.3) is 0 Å². The zero-order valence-corrected chi connectivity index (χ0v) is 8.67. The molecule has 1 aromatic carbocycles. The van der Waals surface area contributed by atoms with Crippen LogP contribution in [0.15, 0.2) is 18.2 Å². The van der Waals surface area contributed by atoms with Crippen molar-refractivity contribution in [3.8, 4) is 0 Å². The van der Waals surface area contributed by atoms with E-state index < -0.39 is 0 Å². The lowest BCUT2D eigenvalue weighted by molar-refractivity contribution is 0.185. The van der Waals surface area contributed by atoms with E-state index in [1.807, 2.05) is 6.92 Å². The zero-order valence-electron chi connectivity index (χ0n) is 8.67. The summed E-state index contributed by atoms with van der Waals surface area (Å²) in [5.74, 6) is 0. The molecule has 1 N–H and O–H groups in total. The van der Waals surface area contributed by atoms with Gasteiger partial charge in [0.05, 0.1) is 6.10 Å². The van der Waals surface area contributed by atoms with Gasteiger partial charge >= 0.3 is 0 Å². The van der Waals surface area contributed by atoms with E-state index in [0.29, 0.717) is 0 Å². The van der Waals surface area contributed by atoms with E-state index in [2.05, 4.69) is 32.0 Å². The Morgan fingerprint density at radius 2 is 1.92 bits per heavy atom. The van der Waals surface area contributed by atoms with Crippen molar-refractivity contribution in [1.29, 1.82) is 0 Å². The largest absolute Gasteiger partial charge is 0.393 e. The summed E-state index contributed by atoms with van der Waals surface area (Å²) < 4.78 is 0. The quantitative estimate of drug-likeness (QED) is 0.754. The molecule has 0 aromatic heterocycles. The molecule has 0 aliphatic heterocycles. The first-order valence-electron chi connectivity index (χ1n) is 4.84. The normalized spacial score (nSPS) is 12.9. The first-order chi connectivity index (χ1) is 6.09. The van der Waals surface area contributed by atoms with E-state index in [9.17, 15) is 0 Å². The summed E-state index contributed by atoms with van der Waals surface area (Å²) in [4.78, 5) is 0. The lowest BCUT2D eigenvalue weighted by Gasteiger charge is -2.06. The van der Waals surface area contributed by atoms with E-state index >= 15 is 0 Å². The molecule has 0 saturated heterocycles. The first kappa shape index (κ1) is 10.3. The summed E-state index contributed by atoms with van der Waals surface area (Å²) in [5.41, 5.74) is 3.99. The molecule has 1 atom stereocenters. The summed E-state index contributed by atoms with van der Waals surface area (Å²) >= 11 is 0. The molecule has 13 heavy (non-hydrogen) atoms. The van der Waals surface area contributed by atoms with E-state index in [1.165, 1.54) is 16.7 Å². The molecule has 1 rings (SSSR count). The Hall–Kier alpha value is -0.820. The number of hydrogen-bond acceptors (Lipinski definition) is 1. The highest BCUT2D eigenvalue weighted by molar-refractivity contribution is 5.29. The summed E-state index contributed by atoms with van der Waals surface area (Å²) in [6.45, 7) is 6.08. The predicted octanol–water partition coefficient (Wildman–Crippen LogP) is 2.62. The number of rotatable bonds is 3. The highest BCUT2D eigenvalue weighted by Gasteiger charge is 1.99. The van der Waals surface area contributed by atoms with Gasteiger partial charge in [-0.25, -0.2) is 0 Å². The van der Waals surface area contributed by atoms with Crippen molar-refractivity contribution in [3.05, 3.63) is 34.9 Å². The van der Waals surface area contributed by atoms with Crippen molar-refractivity contribution < 1.29 is 5.11 Å². The topological polar surface area (TPSA) is 20.2 Å². The average Bonchev–Trinajstić information content (AvgIpc) is 2.07. The lowest BCUT2D eigenvalue weighted by atomic mass is 10.0. The molecule has 0 heterocycles. The minimum absolute atomic E-state index is 0.193. The number of hydrogen-bond donors (Lipinski definition) is 1. The van der Waals surface area contributed by atoms with Gasteiger partial charge < -0.3 is 5.11 Å². The van der Waals surface area contributed by atoms with Crippen LogP contribution < -0.4 is 0 Å². The van der Waals surface area contributed by atoms with Crippen LogP contribution in [-0.2, 0) is 6.42 Å². The number of aliphatic hydroxyl groups excluding tert-OH is 1. The molecule has 0 unspecified atom stereocenters. The maximum atomic E-state index is 9.14. The van der Waals surface area contributed by atoms with Crippen LogP contribution in [0.1, 0.15) is 30.0 Å². The number of benzene rings is 1.